The molecule has 4 aliphatic rings. The Morgan fingerprint density at radius 1 is 0.571 bits per heavy atom. The van der Waals surface area contributed by atoms with Gasteiger partial charge in [-0.05, 0) is 90.2 Å². The van der Waals surface area contributed by atoms with Crippen molar-refractivity contribution in [1.29, 1.82) is 0 Å². The van der Waals surface area contributed by atoms with Crippen molar-refractivity contribution in [3.05, 3.63) is 102 Å². The Balaban J connectivity index is 1.39. The molecule has 0 amide bonds. The fraction of sp³-hybridized carbons (Fsp3) is 0.273. The minimum atomic E-state index is -0.0188. The van der Waals surface area contributed by atoms with Crippen LogP contribution < -0.4 is 32.3 Å². The first-order valence-electron chi connectivity index (χ1n) is 17.8. The van der Waals surface area contributed by atoms with Crippen LogP contribution in [0.15, 0.2) is 99.1 Å². The van der Waals surface area contributed by atoms with Crippen LogP contribution in [0.5, 0.6) is 0 Å². The van der Waals surface area contributed by atoms with Gasteiger partial charge in [-0.15, -0.1) is 0 Å². The highest BCUT2D eigenvalue weighted by molar-refractivity contribution is 8.00. The Morgan fingerprint density at radius 2 is 1.16 bits per heavy atom. The number of hydrogen-bond acceptors (Lipinski definition) is 3. The van der Waals surface area contributed by atoms with Gasteiger partial charge < -0.3 is 9.23 Å². The van der Waals surface area contributed by atoms with E-state index < -0.39 is 0 Å². The van der Waals surface area contributed by atoms with Crippen molar-refractivity contribution in [3.8, 4) is 22.3 Å². The molecular weight excluding hydrogens is 612 g/mol. The van der Waals surface area contributed by atoms with E-state index in [0.29, 0.717) is 0 Å². The van der Waals surface area contributed by atoms with Crippen LogP contribution in [0.4, 0.5) is 11.4 Å². The van der Waals surface area contributed by atoms with Gasteiger partial charge in [0.25, 0.3) is 6.71 Å². The summed E-state index contributed by atoms with van der Waals surface area (Å²) in [5.74, 6) is 0. The number of nitrogens with zero attached hydrogens (tertiary/aromatic N) is 1. The van der Waals surface area contributed by atoms with Gasteiger partial charge in [0.1, 0.15) is 5.58 Å². The summed E-state index contributed by atoms with van der Waals surface area (Å²) < 4.78 is 6.94. The molecule has 0 fully saturated rings. The van der Waals surface area contributed by atoms with Crippen LogP contribution in [-0.4, -0.2) is 13.6 Å². The number of hydrogen-bond donors (Lipinski definition) is 0. The molecule has 0 N–H and O–H groups in total. The minimum Gasteiger partial charge on any atom is -0.469 e. The first-order chi connectivity index (χ1) is 23.2. The first-order valence-corrected chi connectivity index (χ1v) is 18.7. The average Bonchev–Trinajstić information content (AvgIpc) is 3.42. The van der Waals surface area contributed by atoms with Gasteiger partial charge in [-0.2, -0.15) is 0 Å². The first kappa shape index (κ1) is 29.8. The minimum absolute atomic E-state index is 0.0188. The Bertz CT molecular complexity index is 2450. The zero-order valence-electron chi connectivity index (χ0n) is 30.0. The molecule has 5 aromatic carbocycles. The summed E-state index contributed by atoms with van der Waals surface area (Å²) in [5.41, 5.74) is 20.0. The monoisotopic (exact) mass is 653 g/mol. The number of furan rings is 1. The summed E-state index contributed by atoms with van der Waals surface area (Å²) in [6.07, 6.45) is 0. The number of anilines is 2. The Hall–Kier alpha value is -4.08. The quantitative estimate of drug-likeness (QED) is 0.153. The van der Waals surface area contributed by atoms with E-state index in [1.165, 1.54) is 87.3 Å². The maximum atomic E-state index is 6.94. The van der Waals surface area contributed by atoms with Gasteiger partial charge in [0, 0.05) is 32.8 Å². The molecule has 0 unspecified atom stereocenters. The van der Waals surface area contributed by atoms with Crippen molar-refractivity contribution in [2.75, 3.05) is 4.81 Å². The van der Waals surface area contributed by atoms with Gasteiger partial charge in [0.2, 0.25) is 0 Å². The van der Waals surface area contributed by atoms with Gasteiger partial charge in [-0.25, -0.2) is 0 Å². The largest absolute Gasteiger partial charge is 0.469 e. The lowest BCUT2D eigenvalue weighted by Crippen LogP contribution is -2.68. The highest BCUT2D eigenvalue weighted by Gasteiger charge is 2.53. The van der Waals surface area contributed by atoms with E-state index in [0.717, 1.165) is 11.2 Å². The van der Waals surface area contributed by atoms with E-state index in [-0.39, 0.29) is 29.8 Å². The molecule has 49 heavy (non-hydrogen) atoms. The van der Waals surface area contributed by atoms with Crippen LogP contribution in [0.25, 0.3) is 33.2 Å². The third kappa shape index (κ3) is 3.94. The molecule has 0 radical (unpaired) electrons. The Kier molecular flexibility index (Phi) is 5.70. The maximum absolute atomic E-state index is 6.94. The summed E-state index contributed by atoms with van der Waals surface area (Å²) in [4.78, 5) is 5.38. The highest BCUT2D eigenvalue weighted by Crippen LogP contribution is 2.51. The molecule has 2 nitrogen and oxygen atoms in total. The van der Waals surface area contributed by atoms with E-state index in [9.17, 15) is 0 Å². The summed E-state index contributed by atoms with van der Waals surface area (Å²) in [6, 6.07) is 33.1. The molecule has 0 bridgehead atoms. The van der Waals surface area contributed by atoms with Crippen molar-refractivity contribution in [1.82, 2.24) is 0 Å². The van der Waals surface area contributed by atoms with Crippen LogP contribution in [0.3, 0.4) is 0 Å². The summed E-state index contributed by atoms with van der Waals surface area (Å²) in [7, 11) is 0. The number of rotatable bonds is 0. The van der Waals surface area contributed by atoms with E-state index in [2.05, 4.69) is 152 Å². The second kappa shape index (κ2) is 9.37. The van der Waals surface area contributed by atoms with Crippen LogP contribution in [0, 0.1) is 0 Å². The van der Waals surface area contributed by atoms with Gasteiger partial charge >= 0.3 is 6.85 Å². The Labute approximate surface area is 295 Å². The van der Waals surface area contributed by atoms with Gasteiger partial charge in [-0.3, -0.25) is 0 Å². The highest BCUT2D eigenvalue weighted by atomic mass is 32.2. The summed E-state index contributed by atoms with van der Waals surface area (Å²) in [5, 5.41) is 1.21. The van der Waals surface area contributed by atoms with Crippen molar-refractivity contribution in [2.24, 2.45) is 0 Å². The molecule has 0 aliphatic carbocycles. The topological polar surface area (TPSA) is 16.4 Å². The molecule has 0 spiro atoms. The van der Waals surface area contributed by atoms with Gasteiger partial charge in [0.05, 0.1) is 10.6 Å². The average molecular weight is 654 g/mol. The molecule has 0 saturated carbocycles. The molecule has 0 saturated heterocycles. The van der Waals surface area contributed by atoms with Crippen molar-refractivity contribution >= 4 is 75.2 Å². The fourth-order valence-corrected chi connectivity index (χ4v) is 10.1. The standard InChI is InChI=1S/C44H41B2NOS/c1-42(2,3)24-14-16-27-29-18-19-36-37-39(29)47-38-31(28-17-15-25(43(4,5)6)22-33(28)46(47)32(27)21-24)20-26(44(7,8)9)23-34(38)45(37)41-40(49-36)30-12-10-11-13-35(30)48-41/h10-23H,1-9H3. The molecule has 1 aromatic heterocycles. The second-order valence-corrected chi connectivity index (χ2v) is 18.8. The van der Waals surface area contributed by atoms with Gasteiger partial charge in [-0.1, -0.05) is 135 Å². The number of para-hydroxylation sites is 1. The summed E-state index contributed by atoms with van der Waals surface area (Å²) in [6.45, 7) is 21.2. The molecule has 4 aliphatic heterocycles. The molecule has 10 rings (SSSR count). The molecular formula is C44H41B2NOS. The lowest BCUT2D eigenvalue weighted by molar-refractivity contribution is 0.590. The van der Waals surface area contributed by atoms with Crippen molar-refractivity contribution < 1.29 is 4.42 Å². The van der Waals surface area contributed by atoms with Crippen molar-refractivity contribution in [3.63, 3.8) is 0 Å². The third-order valence-corrected chi connectivity index (χ3v) is 12.8. The van der Waals surface area contributed by atoms with E-state index in [4.69, 9.17) is 4.42 Å². The van der Waals surface area contributed by atoms with E-state index in [1.54, 1.807) is 0 Å². The summed E-state index contributed by atoms with van der Waals surface area (Å²) >= 11 is 1.90. The van der Waals surface area contributed by atoms with Crippen LogP contribution in [0.1, 0.15) is 79.0 Å². The zero-order valence-corrected chi connectivity index (χ0v) is 30.8. The predicted octanol–water partition coefficient (Wildman–Crippen LogP) is 8.52. The fourth-order valence-electron chi connectivity index (χ4n) is 8.91. The second-order valence-electron chi connectivity index (χ2n) is 17.8. The number of fused-ring (bicyclic) bond motifs is 11. The van der Waals surface area contributed by atoms with Crippen LogP contribution in [0.2, 0.25) is 0 Å². The third-order valence-electron chi connectivity index (χ3n) is 11.6. The maximum Gasteiger partial charge on any atom is 0.329 e. The van der Waals surface area contributed by atoms with E-state index in [1.807, 2.05) is 11.8 Å². The lowest BCUT2D eigenvalue weighted by Gasteiger charge is -2.50. The predicted molar refractivity (Wildman–Crippen MR) is 212 cm³/mol. The number of benzene rings is 5. The SMILES string of the molecule is CC(C)(C)c1ccc2c(c1)B1c3cc(C(C)(C)C)ccc3-c3ccc4c5c3N1c1c(cc(C(C)(C)C)cc1-2)B5c1oc2ccccc2c1S4. The smallest absolute Gasteiger partial charge is 0.329 e. The van der Waals surface area contributed by atoms with Crippen molar-refractivity contribution in [2.45, 2.75) is 88.3 Å². The normalized spacial score (nSPS) is 15.2. The molecule has 0 atom stereocenters. The molecule has 240 valence electrons. The molecule has 5 heterocycles. The Morgan fingerprint density at radius 3 is 1.82 bits per heavy atom. The van der Waals surface area contributed by atoms with Gasteiger partial charge in [0.15, 0.2) is 0 Å². The molecule has 6 aromatic rings. The van der Waals surface area contributed by atoms with Crippen LogP contribution in [-0.2, 0) is 16.2 Å². The van der Waals surface area contributed by atoms with Crippen LogP contribution >= 0.6 is 11.8 Å². The van der Waals surface area contributed by atoms with E-state index >= 15 is 0 Å². The molecule has 5 heteroatoms. The zero-order chi connectivity index (χ0) is 33.9. The lowest BCUT2D eigenvalue weighted by atomic mass is 9.32.